The Hall–Kier alpha value is -1.55. The first-order chi connectivity index (χ1) is 8.03. The Morgan fingerprint density at radius 3 is 2.71 bits per heavy atom. The number of allylic oxidation sites excluding steroid dienone is 4. The molecule has 0 saturated heterocycles. The normalized spacial score (nSPS) is 11.9. The second-order valence-corrected chi connectivity index (χ2v) is 3.26. The number of halogens is 2. The lowest BCUT2D eigenvalue weighted by Crippen LogP contribution is -2.26. The van der Waals surface area contributed by atoms with E-state index in [-0.39, 0.29) is 18.3 Å². The predicted octanol–water partition coefficient (Wildman–Crippen LogP) is 3.16. The molecule has 0 aliphatic heterocycles. The quantitative estimate of drug-likeness (QED) is 0.563. The van der Waals surface area contributed by atoms with Gasteiger partial charge in [0.2, 0.25) is 0 Å². The predicted molar refractivity (Wildman–Crippen MR) is 66.8 cm³/mol. The lowest BCUT2D eigenvalue weighted by molar-refractivity contribution is -0.123. The van der Waals surface area contributed by atoms with Crippen molar-refractivity contribution in [1.29, 1.82) is 0 Å². The molecule has 0 aliphatic carbocycles. The van der Waals surface area contributed by atoms with Gasteiger partial charge in [-0.2, -0.15) is 0 Å². The topological polar surface area (TPSA) is 38.3 Å². The first kappa shape index (κ1) is 15.4. The third kappa shape index (κ3) is 7.36. The smallest absolute Gasteiger partial charge is 0.262 e. The van der Waals surface area contributed by atoms with E-state index in [2.05, 4.69) is 18.5 Å². The molecule has 0 heterocycles. The number of ether oxygens (including phenoxy) is 1. The molecular weight excluding hydrogens is 245 g/mol. The zero-order chi connectivity index (χ0) is 13.3. The minimum Gasteiger partial charge on any atom is -0.484 e. The Morgan fingerprint density at radius 2 is 2.24 bits per heavy atom. The molecule has 0 radical (unpaired) electrons. The summed E-state index contributed by atoms with van der Waals surface area (Å²) in [6.07, 6.45) is 2.95. The van der Waals surface area contributed by atoms with Gasteiger partial charge in [-0.05, 0) is 12.5 Å². The molecule has 1 amide bonds. The number of hydrogen-bond acceptors (Lipinski definition) is 2. The Bertz CT molecular complexity index is 362. The van der Waals surface area contributed by atoms with E-state index in [0.29, 0.717) is 12.1 Å². The van der Waals surface area contributed by atoms with E-state index < -0.39 is 5.83 Å². The van der Waals surface area contributed by atoms with Crippen LogP contribution in [0.3, 0.4) is 0 Å². The van der Waals surface area contributed by atoms with Gasteiger partial charge in [0, 0.05) is 17.3 Å². The lowest BCUT2D eigenvalue weighted by Gasteiger charge is -2.08. The summed E-state index contributed by atoms with van der Waals surface area (Å²) in [7, 11) is 0. The highest BCUT2D eigenvalue weighted by Crippen LogP contribution is 2.07. The fraction of sp³-hybridized carbons (Fsp3) is 0.250. The van der Waals surface area contributed by atoms with Gasteiger partial charge in [0.05, 0.1) is 0 Å². The van der Waals surface area contributed by atoms with Crippen LogP contribution in [0, 0.1) is 0 Å². The van der Waals surface area contributed by atoms with E-state index in [1.165, 1.54) is 6.08 Å². The fourth-order valence-electron chi connectivity index (χ4n) is 0.797. The van der Waals surface area contributed by atoms with Crippen molar-refractivity contribution in [1.82, 2.24) is 5.32 Å². The van der Waals surface area contributed by atoms with Crippen molar-refractivity contribution < 1.29 is 13.9 Å². The molecule has 0 aromatic heterocycles. The van der Waals surface area contributed by atoms with Crippen molar-refractivity contribution in [2.75, 3.05) is 6.61 Å². The fourth-order valence-corrected chi connectivity index (χ4v) is 0.860. The minimum absolute atomic E-state index is 0.122. The van der Waals surface area contributed by atoms with Crippen LogP contribution in [0.4, 0.5) is 4.39 Å². The second-order valence-electron chi connectivity index (χ2n) is 3.04. The molecule has 0 aliphatic rings. The Balaban J connectivity index is 4.25. The van der Waals surface area contributed by atoms with E-state index in [4.69, 9.17) is 16.3 Å². The van der Waals surface area contributed by atoms with Crippen molar-refractivity contribution in [3.05, 3.63) is 48.1 Å². The van der Waals surface area contributed by atoms with Crippen molar-refractivity contribution in [3.63, 3.8) is 0 Å². The number of nitrogens with one attached hydrogen (secondary N) is 1. The van der Waals surface area contributed by atoms with Gasteiger partial charge in [0.1, 0.15) is 11.6 Å². The summed E-state index contributed by atoms with van der Waals surface area (Å²) in [5.74, 6) is -0.920. The molecule has 0 atom stereocenters. The molecular formula is C12H15ClFNO2. The number of amides is 1. The van der Waals surface area contributed by atoms with Crippen LogP contribution >= 0.6 is 11.6 Å². The van der Waals surface area contributed by atoms with Crippen LogP contribution in [0.15, 0.2) is 48.1 Å². The first-order valence-corrected chi connectivity index (χ1v) is 5.37. The zero-order valence-corrected chi connectivity index (χ0v) is 10.4. The summed E-state index contributed by atoms with van der Waals surface area (Å²) in [5.41, 5.74) is 1.35. The van der Waals surface area contributed by atoms with Gasteiger partial charge >= 0.3 is 0 Å². The Labute approximate surface area is 105 Å². The van der Waals surface area contributed by atoms with Gasteiger partial charge in [-0.15, -0.1) is 0 Å². The van der Waals surface area contributed by atoms with Gasteiger partial charge < -0.3 is 10.1 Å². The Morgan fingerprint density at radius 1 is 1.59 bits per heavy atom. The van der Waals surface area contributed by atoms with Gasteiger partial charge in [-0.1, -0.05) is 31.7 Å². The van der Waals surface area contributed by atoms with Crippen molar-refractivity contribution in [3.8, 4) is 0 Å². The summed E-state index contributed by atoms with van der Waals surface area (Å²) in [6, 6.07) is 0. The van der Waals surface area contributed by atoms with Gasteiger partial charge in [0.25, 0.3) is 5.91 Å². The molecule has 0 aromatic carbocycles. The van der Waals surface area contributed by atoms with Gasteiger partial charge in [0.15, 0.2) is 6.61 Å². The van der Waals surface area contributed by atoms with Gasteiger partial charge in [-0.25, -0.2) is 4.39 Å². The van der Waals surface area contributed by atoms with Crippen molar-refractivity contribution in [2.45, 2.75) is 13.3 Å². The van der Waals surface area contributed by atoms with Crippen LogP contribution in [0.2, 0.25) is 0 Å². The van der Waals surface area contributed by atoms with E-state index in [1.807, 2.05) is 6.92 Å². The van der Waals surface area contributed by atoms with E-state index in [0.717, 1.165) is 11.6 Å². The maximum atomic E-state index is 12.8. The molecule has 3 nitrogen and oxygen atoms in total. The SMILES string of the molecule is C=C/C(=C\C(F)=C\Cl)OCC(=O)NC(=C)CC. The maximum Gasteiger partial charge on any atom is 0.262 e. The van der Waals surface area contributed by atoms with Gasteiger partial charge in [-0.3, -0.25) is 4.79 Å². The third-order valence-electron chi connectivity index (χ3n) is 1.70. The summed E-state index contributed by atoms with van der Waals surface area (Å²) in [6.45, 7) is 8.65. The molecule has 0 spiro atoms. The first-order valence-electron chi connectivity index (χ1n) is 4.93. The van der Waals surface area contributed by atoms with E-state index in [9.17, 15) is 9.18 Å². The molecule has 0 aromatic rings. The number of carbonyl (C=O) groups is 1. The summed E-state index contributed by atoms with van der Waals surface area (Å²) < 4.78 is 17.8. The van der Waals surface area contributed by atoms with Crippen LogP contribution in [0.5, 0.6) is 0 Å². The van der Waals surface area contributed by atoms with E-state index >= 15 is 0 Å². The summed E-state index contributed by atoms with van der Waals surface area (Å²) >= 11 is 5.14. The van der Waals surface area contributed by atoms with Crippen molar-refractivity contribution in [2.24, 2.45) is 0 Å². The molecule has 0 bridgehead atoms. The van der Waals surface area contributed by atoms with Crippen LogP contribution < -0.4 is 5.32 Å². The minimum atomic E-state index is -0.681. The molecule has 0 rings (SSSR count). The largest absolute Gasteiger partial charge is 0.484 e. The third-order valence-corrected chi connectivity index (χ3v) is 1.91. The van der Waals surface area contributed by atoms with Crippen molar-refractivity contribution >= 4 is 17.5 Å². The van der Waals surface area contributed by atoms with Crippen LogP contribution in [-0.2, 0) is 9.53 Å². The highest BCUT2D eigenvalue weighted by molar-refractivity contribution is 6.25. The van der Waals surface area contributed by atoms with Crippen LogP contribution in [0.1, 0.15) is 13.3 Å². The molecule has 5 heteroatoms. The highest BCUT2D eigenvalue weighted by atomic mass is 35.5. The number of rotatable bonds is 7. The average Bonchev–Trinajstić information content (AvgIpc) is 2.33. The summed E-state index contributed by atoms with van der Waals surface area (Å²) in [5, 5.41) is 2.52. The number of carbonyl (C=O) groups excluding carboxylic acids is 1. The zero-order valence-electron chi connectivity index (χ0n) is 9.63. The molecule has 0 fully saturated rings. The lowest BCUT2D eigenvalue weighted by atomic mass is 10.4. The molecule has 17 heavy (non-hydrogen) atoms. The molecule has 1 N–H and O–H groups in total. The molecule has 0 unspecified atom stereocenters. The van der Waals surface area contributed by atoms with Crippen LogP contribution in [0.25, 0.3) is 0 Å². The highest BCUT2D eigenvalue weighted by Gasteiger charge is 2.04. The molecule has 94 valence electrons. The summed E-state index contributed by atoms with van der Waals surface area (Å²) in [4.78, 5) is 11.3. The Kier molecular flexibility index (Phi) is 7.80. The second kappa shape index (κ2) is 8.58. The monoisotopic (exact) mass is 259 g/mol. The van der Waals surface area contributed by atoms with Crippen LogP contribution in [-0.4, -0.2) is 12.5 Å². The molecule has 0 saturated carbocycles. The van der Waals surface area contributed by atoms with E-state index in [1.54, 1.807) is 0 Å². The average molecular weight is 260 g/mol. The standard InChI is InChI=1S/C12H15ClFNO2/c1-4-9(3)15-12(16)8-17-11(5-2)6-10(14)7-13/h5-7H,2-4,8H2,1H3,(H,15,16)/b10-7-,11-6+. The number of hydrogen-bond donors (Lipinski definition) is 1. The maximum absolute atomic E-state index is 12.8.